The maximum absolute atomic E-state index is 5.94. The maximum atomic E-state index is 5.94. The molecule has 0 atom stereocenters. The summed E-state index contributed by atoms with van der Waals surface area (Å²) < 4.78 is 2.19. The molecule has 2 rings (SSSR count). The third-order valence-corrected chi connectivity index (χ3v) is 3.53. The number of hydrogen-bond donors (Lipinski definition) is 1. The van der Waals surface area contributed by atoms with Crippen LogP contribution in [0.2, 0.25) is 0 Å². The van der Waals surface area contributed by atoms with E-state index in [-0.39, 0.29) is 0 Å². The second kappa shape index (κ2) is 3.46. The van der Waals surface area contributed by atoms with Crippen molar-refractivity contribution in [2.45, 2.75) is 0 Å². The molecule has 0 aromatic heterocycles. The molecule has 66 valence electrons. The smallest absolute Gasteiger partial charge is 0.0538 e. The zero-order valence-corrected chi connectivity index (χ0v) is 10.5. The Balaban J connectivity index is 2.97. The third-order valence-electron chi connectivity index (χ3n) is 1.99. The molecule has 0 fully saturated rings. The van der Waals surface area contributed by atoms with Crippen LogP contribution in [0.5, 0.6) is 0 Å². The van der Waals surface area contributed by atoms with Crippen LogP contribution in [0.1, 0.15) is 0 Å². The van der Waals surface area contributed by atoms with E-state index in [9.17, 15) is 0 Å². The minimum Gasteiger partial charge on any atom is -0.397 e. The van der Waals surface area contributed by atoms with Crippen molar-refractivity contribution < 1.29 is 0 Å². The summed E-state index contributed by atoms with van der Waals surface area (Å²) in [5.74, 6) is 0. The molecular formula is C10H7BrIN. The van der Waals surface area contributed by atoms with E-state index in [1.165, 1.54) is 8.96 Å². The number of hydrogen-bond acceptors (Lipinski definition) is 1. The zero-order valence-electron chi connectivity index (χ0n) is 6.72. The van der Waals surface area contributed by atoms with Gasteiger partial charge in [-0.15, -0.1) is 0 Å². The molecule has 2 aromatic rings. The Bertz CT molecular complexity index is 468. The largest absolute Gasteiger partial charge is 0.397 e. The molecule has 0 amide bonds. The molecule has 0 saturated heterocycles. The van der Waals surface area contributed by atoms with E-state index < -0.39 is 0 Å². The molecule has 0 unspecified atom stereocenters. The summed E-state index contributed by atoms with van der Waals surface area (Å²) in [6.07, 6.45) is 0. The predicted molar refractivity (Wildman–Crippen MR) is 68.8 cm³/mol. The summed E-state index contributed by atoms with van der Waals surface area (Å²) in [5.41, 5.74) is 6.75. The minimum absolute atomic E-state index is 0.816. The Morgan fingerprint density at radius 3 is 2.46 bits per heavy atom. The number of fused-ring (bicyclic) bond motifs is 1. The molecule has 0 saturated carbocycles. The molecule has 0 radical (unpaired) electrons. The van der Waals surface area contributed by atoms with Gasteiger partial charge in [0.2, 0.25) is 0 Å². The van der Waals surface area contributed by atoms with Gasteiger partial charge in [-0.2, -0.15) is 0 Å². The lowest BCUT2D eigenvalue weighted by Crippen LogP contribution is -1.90. The highest BCUT2D eigenvalue weighted by atomic mass is 127. The molecule has 3 heteroatoms. The summed E-state index contributed by atoms with van der Waals surface area (Å²) in [4.78, 5) is 0. The van der Waals surface area contributed by atoms with E-state index >= 15 is 0 Å². The Labute approximate surface area is 98.6 Å². The van der Waals surface area contributed by atoms with Crippen LogP contribution in [0.25, 0.3) is 10.8 Å². The molecule has 0 spiro atoms. The van der Waals surface area contributed by atoms with E-state index in [4.69, 9.17) is 5.73 Å². The first-order valence-corrected chi connectivity index (χ1v) is 5.69. The Kier molecular flexibility index (Phi) is 2.47. The van der Waals surface area contributed by atoms with E-state index in [1.807, 2.05) is 24.3 Å². The normalized spacial score (nSPS) is 10.6. The van der Waals surface area contributed by atoms with Gasteiger partial charge in [-0.25, -0.2) is 0 Å². The third kappa shape index (κ3) is 1.55. The van der Waals surface area contributed by atoms with Gasteiger partial charge in [0.05, 0.1) is 5.69 Å². The van der Waals surface area contributed by atoms with Crippen LogP contribution >= 0.6 is 38.5 Å². The number of nitrogens with two attached hydrogens (primary N) is 1. The topological polar surface area (TPSA) is 26.0 Å². The van der Waals surface area contributed by atoms with Crippen molar-refractivity contribution in [2.24, 2.45) is 0 Å². The molecule has 1 nitrogen and oxygen atoms in total. The van der Waals surface area contributed by atoms with Crippen molar-refractivity contribution in [3.05, 3.63) is 38.4 Å². The van der Waals surface area contributed by atoms with Crippen molar-refractivity contribution in [2.75, 3.05) is 5.73 Å². The van der Waals surface area contributed by atoms with Crippen LogP contribution in [0.3, 0.4) is 0 Å². The molecule has 2 N–H and O–H groups in total. The minimum atomic E-state index is 0.816. The fraction of sp³-hybridized carbons (Fsp3) is 0. The first-order valence-electron chi connectivity index (χ1n) is 3.82. The second-order valence-corrected chi connectivity index (χ2v) is 4.82. The number of benzene rings is 2. The van der Waals surface area contributed by atoms with Crippen LogP contribution in [0, 0.1) is 3.57 Å². The van der Waals surface area contributed by atoms with Crippen LogP contribution in [-0.2, 0) is 0 Å². The van der Waals surface area contributed by atoms with Crippen molar-refractivity contribution in [1.82, 2.24) is 0 Å². The van der Waals surface area contributed by atoms with Crippen LogP contribution in [0.4, 0.5) is 5.69 Å². The standard InChI is InChI=1S/C10H7BrIN/c11-8-5-9(12)6-3-1-2-4-7(6)10(8)13/h1-5H,13H2. The van der Waals surface area contributed by atoms with Crippen molar-refractivity contribution >= 4 is 55.0 Å². The highest BCUT2D eigenvalue weighted by Crippen LogP contribution is 2.32. The zero-order chi connectivity index (χ0) is 9.42. The number of nitrogen functional groups attached to an aromatic ring is 1. The van der Waals surface area contributed by atoms with Gasteiger partial charge in [0.1, 0.15) is 0 Å². The predicted octanol–water partition coefficient (Wildman–Crippen LogP) is 3.79. The first-order chi connectivity index (χ1) is 6.20. The lowest BCUT2D eigenvalue weighted by molar-refractivity contribution is 1.64. The monoisotopic (exact) mass is 347 g/mol. The lowest BCUT2D eigenvalue weighted by atomic mass is 10.1. The fourth-order valence-electron chi connectivity index (χ4n) is 1.32. The van der Waals surface area contributed by atoms with Crippen LogP contribution in [-0.4, -0.2) is 0 Å². The van der Waals surface area contributed by atoms with Gasteiger partial charge in [0, 0.05) is 13.4 Å². The van der Waals surface area contributed by atoms with Gasteiger partial charge in [-0.3, -0.25) is 0 Å². The van der Waals surface area contributed by atoms with Gasteiger partial charge >= 0.3 is 0 Å². The SMILES string of the molecule is Nc1c(Br)cc(I)c2ccccc12. The quantitative estimate of drug-likeness (QED) is 0.569. The van der Waals surface area contributed by atoms with Crippen molar-refractivity contribution in [3.63, 3.8) is 0 Å². The Morgan fingerprint density at radius 1 is 1.15 bits per heavy atom. The van der Waals surface area contributed by atoms with E-state index in [2.05, 4.69) is 44.6 Å². The number of anilines is 1. The average molecular weight is 348 g/mol. The van der Waals surface area contributed by atoms with Gasteiger partial charge in [-0.05, 0) is 50.0 Å². The molecule has 0 aliphatic rings. The summed E-state index contributed by atoms with van der Waals surface area (Å²) in [6.45, 7) is 0. The first kappa shape index (κ1) is 9.27. The second-order valence-electron chi connectivity index (χ2n) is 2.80. The lowest BCUT2D eigenvalue weighted by Gasteiger charge is -2.06. The molecule has 0 heterocycles. The molecule has 0 aliphatic carbocycles. The number of rotatable bonds is 0. The van der Waals surface area contributed by atoms with E-state index in [0.29, 0.717) is 0 Å². The summed E-state index contributed by atoms with van der Waals surface area (Å²) >= 11 is 5.75. The highest BCUT2D eigenvalue weighted by molar-refractivity contribution is 14.1. The molecule has 0 bridgehead atoms. The number of halogens is 2. The maximum Gasteiger partial charge on any atom is 0.0538 e. The molecule has 0 aliphatic heterocycles. The summed E-state index contributed by atoms with van der Waals surface area (Å²) in [6, 6.07) is 10.2. The van der Waals surface area contributed by atoms with Crippen LogP contribution < -0.4 is 5.73 Å². The van der Waals surface area contributed by atoms with E-state index in [0.717, 1.165) is 15.5 Å². The molecular weight excluding hydrogens is 341 g/mol. The van der Waals surface area contributed by atoms with E-state index in [1.54, 1.807) is 0 Å². The molecule has 2 aromatic carbocycles. The van der Waals surface area contributed by atoms with Crippen molar-refractivity contribution in [3.8, 4) is 0 Å². The Hall–Kier alpha value is -0.290. The van der Waals surface area contributed by atoms with Crippen molar-refractivity contribution in [1.29, 1.82) is 0 Å². The van der Waals surface area contributed by atoms with Crippen LogP contribution in [0.15, 0.2) is 34.8 Å². The van der Waals surface area contributed by atoms with Gasteiger partial charge in [0.25, 0.3) is 0 Å². The highest BCUT2D eigenvalue weighted by Gasteiger charge is 2.04. The molecule has 13 heavy (non-hydrogen) atoms. The van der Waals surface area contributed by atoms with Gasteiger partial charge in [0.15, 0.2) is 0 Å². The average Bonchev–Trinajstić information content (AvgIpc) is 2.15. The summed E-state index contributed by atoms with van der Waals surface area (Å²) in [5, 5.41) is 2.32. The Morgan fingerprint density at radius 2 is 1.77 bits per heavy atom. The van der Waals surface area contributed by atoms with Gasteiger partial charge < -0.3 is 5.73 Å². The fourth-order valence-corrected chi connectivity index (χ4v) is 2.97. The summed E-state index contributed by atoms with van der Waals surface area (Å²) in [7, 11) is 0. The van der Waals surface area contributed by atoms with Gasteiger partial charge in [-0.1, -0.05) is 24.3 Å².